The van der Waals surface area contributed by atoms with Crippen molar-refractivity contribution in [3.05, 3.63) is 29.2 Å². The maximum atomic E-state index is 12.9. The normalized spacial score (nSPS) is 23.9. The first-order chi connectivity index (χ1) is 11.2. The minimum Gasteiger partial charge on any atom is -0.353 e. The van der Waals surface area contributed by atoms with E-state index in [1.54, 1.807) is 18.6 Å². The zero-order chi connectivity index (χ0) is 15.8. The van der Waals surface area contributed by atoms with Crippen LogP contribution in [-0.4, -0.2) is 56.0 Å². The molecule has 2 aromatic heterocycles. The predicted molar refractivity (Wildman–Crippen MR) is 86.4 cm³/mol. The topological polar surface area (TPSA) is 75.1 Å². The summed E-state index contributed by atoms with van der Waals surface area (Å²) < 4.78 is 3.90. The van der Waals surface area contributed by atoms with Crippen LogP contribution in [0.3, 0.4) is 0 Å². The zero-order valence-corrected chi connectivity index (χ0v) is 13.7. The van der Waals surface area contributed by atoms with E-state index in [-0.39, 0.29) is 11.9 Å². The molecule has 2 aromatic rings. The summed E-state index contributed by atoms with van der Waals surface area (Å²) >= 11 is 1.19. The number of piperidine rings is 1. The van der Waals surface area contributed by atoms with Crippen LogP contribution in [0, 0.1) is 12.8 Å². The van der Waals surface area contributed by atoms with Crippen molar-refractivity contribution in [3.63, 3.8) is 0 Å². The summed E-state index contributed by atoms with van der Waals surface area (Å²) in [6.45, 7) is 4.39. The molecule has 0 N–H and O–H groups in total. The molecule has 2 bridgehead atoms. The Balaban J connectivity index is 1.59. The van der Waals surface area contributed by atoms with Crippen LogP contribution in [-0.2, 0) is 0 Å². The van der Waals surface area contributed by atoms with Gasteiger partial charge in [-0.2, -0.15) is 0 Å². The Morgan fingerprint density at radius 3 is 2.91 bits per heavy atom. The van der Waals surface area contributed by atoms with E-state index in [0.717, 1.165) is 44.0 Å². The van der Waals surface area contributed by atoms with Gasteiger partial charge in [-0.1, -0.05) is 4.49 Å². The number of carbonyl (C=O) groups is 1. The lowest BCUT2D eigenvalue weighted by Gasteiger charge is -2.35. The van der Waals surface area contributed by atoms with Crippen LogP contribution in [0.2, 0.25) is 0 Å². The van der Waals surface area contributed by atoms with Gasteiger partial charge in [0.1, 0.15) is 10.7 Å². The fourth-order valence-corrected chi connectivity index (χ4v) is 4.14. The van der Waals surface area contributed by atoms with Crippen LogP contribution >= 0.6 is 11.5 Å². The number of amides is 1. The zero-order valence-electron chi connectivity index (χ0n) is 12.9. The molecule has 0 aliphatic carbocycles. The average Bonchev–Trinajstić information content (AvgIpc) is 2.82. The highest BCUT2D eigenvalue weighted by atomic mass is 32.1. The Morgan fingerprint density at radius 2 is 2.17 bits per heavy atom. The fraction of sp³-hybridized carbons (Fsp3) is 0.533. The SMILES string of the molecule is Cc1nnsc1C(=O)N1C[C@@H]2CC[C@H]1CN(c1cnccn1)C2. The van der Waals surface area contributed by atoms with E-state index in [9.17, 15) is 4.79 Å². The van der Waals surface area contributed by atoms with Crippen molar-refractivity contribution in [3.8, 4) is 0 Å². The molecule has 0 radical (unpaired) electrons. The summed E-state index contributed by atoms with van der Waals surface area (Å²) in [6, 6.07) is 0.213. The summed E-state index contributed by atoms with van der Waals surface area (Å²) in [5, 5.41) is 3.97. The van der Waals surface area contributed by atoms with Gasteiger partial charge in [-0.15, -0.1) is 5.10 Å². The van der Waals surface area contributed by atoms with Gasteiger partial charge in [-0.25, -0.2) is 4.98 Å². The number of anilines is 1. The minimum absolute atomic E-state index is 0.0770. The van der Waals surface area contributed by atoms with Crippen molar-refractivity contribution in [2.45, 2.75) is 25.8 Å². The second-order valence-electron chi connectivity index (χ2n) is 6.21. The lowest BCUT2D eigenvalue weighted by molar-refractivity contribution is 0.0596. The molecule has 1 amide bonds. The Kier molecular flexibility index (Phi) is 3.68. The third-order valence-corrected chi connectivity index (χ3v) is 5.51. The van der Waals surface area contributed by atoms with Gasteiger partial charge in [0.2, 0.25) is 0 Å². The molecule has 8 heteroatoms. The van der Waals surface area contributed by atoms with E-state index < -0.39 is 0 Å². The van der Waals surface area contributed by atoms with Crippen LogP contribution in [0.1, 0.15) is 28.2 Å². The smallest absolute Gasteiger partial charge is 0.267 e. The van der Waals surface area contributed by atoms with Gasteiger partial charge in [0, 0.05) is 38.1 Å². The van der Waals surface area contributed by atoms with Crippen molar-refractivity contribution < 1.29 is 4.79 Å². The number of rotatable bonds is 2. The molecule has 0 unspecified atom stereocenters. The Labute approximate surface area is 138 Å². The number of aryl methyl sites for hydroxylation is 1. The Morgan fingerprint density at radius 1 is 1.26 bits per heavy atom. The van der Waals surface area contributed by atoms with Crippen LogP contribution in [0.15, 0.2) is 18.6 Å². The molecule has 2 atom stereocenters. The molecular formula is C15H18N6OS. The van der Waals surface area contributed by atoms with E-state index in [1.807, 2.05) is 11.8 Å². The van der Waals surface area contributed by atoms with Gasteiger partial charge < -0.3 is 9.80 Å². The molecule has 3 fully saturated rings. The van der Waals surface area contributed by atoms with Gasteiger partial charge in [0.05, 0.1) is 11.9 Å². The summed E-state index contributed by atoms with van der Waals surface area (Å²) in [7, 11) is 0. The molecule has 23 heavy (non-hydrogen) atoms. The Hall–Kier alpha value is -2.09. The van der Waals surface area contributed by atoms with E-state index in [4.69, 9.17) is 0 Å². The second-order valence-corrected chi connectivity index (χ2v) is 6.96. The first-order valence-corrected chi connectivity index (χ1v) is 8.60. The number of hydrogen-bond acceptors (Lipinski definition) is 7. The highest BCUT2D eigenvalue weighted by Crippen LogP contribution is 2.31. The second kappa shape index (κ2) is 5.84. The molecule has 5 rings (SSSR count). The van der Waals surface area contributed by atoms with Crippen LogP contribution in [0.5, 0.6) is 0 Å². The number of nitrogens with zero attached hydrogens (tertiary/aromatic N) is 6. The van der Waals surface area contributed by atoms with E-state index in [2.05, 4.69) is 24.5 Å². The molecule has 0 saturated carbocycles. The molecule has 120 valence electrons. The van der Waals surface area contributed by atoms with Crippen LogP contribution < -0.4 is 4.90 Å². The van der Waals surface area contributed by atoms with E-state index in [0.29, 0.717) is 10.8 Å². The van der Waals surface area contributed by atoms with E-state index >= 15 is 0 Å². The number of hydrogen-bond donors (Lipinski definition) is 0. The van der Waals surface area contributed by atoms with Crippen molar-refractivity contribution in [1.29, 1.82) is 0 Å². The summed E-state index contributed by atoms with van der Waals surface area (Å²) in [4.78, 5) is 26.4. The summed E-state index contributed by atoms with van der Waals surface area (Å²) in [6.07, 6.45) is 7.40. The third-order valence-electron chi connectivity index (χ3n) is 4.69. The van der Waals surface area contributed by atoms with E-state index in [1.165, 1.54) is 11.5 Å². The highest BCUT2D eigenvalue weighted by molar-refractivity contribution is 7.07. The van der Waals surface area contributed by atoms with Gasteiger partial charge >= 0.3 is 0 Å². The first kappa shape index (κ1) is 14.5. The molecule has 7 nitrogen and oxygen atoms in total. The Bertz CT molecular complexity index is 705. The number of carbonyl (C=O) groups excluding carboxylic acids is 1. The average molecular weight is 330 g/mol. The monoisotopic (exact) mass is 330 g/mol. The molecular weight excluding hydrogens is 312 g/mol. The van der Waals surface area contributed by atoms with Crippen molar-refractivity contribution >= 4 is 23.3 Å². The number of aromatic nitrogens is 4. The fourth-order valence-electron chi connectivity index (χ4n) is 3.53. The van der Waals surface area contributed by atoms with Gasteiger partial charge in [-0.3, -0.25) is 9.78 Å². The molecule has 3 aliphatic heterocycles. The highest BCUT2D eigenvalue weighted by Gasteiger charge is 2.38. The first-order valence-electron chi connectivity index (χ1n) is 7.83. The van der Waals surface area contributed by atoms with Crippen LogP contribution in [0.25, 0.3) is 0 Å². The standard InChI is InChI=1S/C15H18N6OS/c1-10-14(23-19-18-10)15(22)21-8-11-2-3-12(21)9-20(7-11)13-6-16-4-5-17-13/h4-6,11-12H,2-3,7-9H2,1H3/t11-,12+/m1/s1. The number of fused-ring (bicyclic) bond motifs is 4. The maximum Gasteiger partial charge on any atom is 0.267 e. The summed E-state index contributed by atoms with van der Waals surface area (Å²) in [5.41, 5.74) is 0.728. The molecule has 3 saturated heterocycles. The third kappa shape index (κ3) is 2.67. The lowest BCUT2D eigenvalue weighted by atomic mass is 9.95. The molecule has 0 spiro atoms. The van der Waals surface area contributed by atoms with Gasteiger partial charge in [0.15, 0.2) is 0 Å². The largest absolute Gasteiger partial charge is 0.353 e. The van der Waals surface area contributed by atoms with Crippen LogP contribution in [0.4, 0.5) is 5.82 Å². The van der Waals surface area contributed by atoms with Crippen molar-refractivity contribution in [1.82, 2.24) is 24.5 Å². The summed E-state index contributed by atoms with van der Waals surface area (Å²) in [5.74, 6) is 1.45. The van der Waals surface area contributed by atoms with Crippen molar-refractivity contribution in [2.75, 3.05) is 24.5 Å². The van der Waals surface area contributed by atoms with Gasteiger partial charge in [-0.05, 0) is 37.2 Å². The lowest BCUT2D eigenvalue weighted by Crippen LogP contribution is -2.47. The minimum atomic E-state index is 0.0770. The van der Waals surface area contributed by atoms with Gasteiger partial charge in [0.25, 0.3) is 5.91 Å². The maximum absolute atomic E-state index is 12.9. The molecule has 3 aliphatic rings. The quantitative estimate of drug-likeness (QED) is 0.828. The molecule has 0 aromatic carbocycles. The van der Waals surface area contributed by atoms with Crippen molar-refractivity contribution in [2.24, 2.45) is 5.92 Å². The predicted octanol–water partition coefficient (Wildman–Crippen LogP) is 1.38. The molecule has 5 heterocycles.